The van der Waals surface area contributed by atoms with Gasteiger partial charge in [-0.05, 0) is 58.9 Å². The average Bonchev–Trinajstić information content (AvgIpc) is 3.30. The number of rotatable bonds is 8. The second kappa shape index (κ2) is 10.8. The second-order valence-corrected chi connectivity index (χ2v) is 9.70. The second-order valence-electron chi connectivity index (χ2n) is 9.70. The number of aliphatic hydroxyl groups is 1. The maximum atomic E-state index is 12.8. The number of fused-ring (bicyclic) bond motifs is 1. The maximum absolute atomic E-state index is 12.8. The van der Waals surface area contributed by atoms with E-state index in [1.165, 1.54) is 13.2 Å². The van der Waals surface area contributed by atoms with Gasteiger partial charge in [-0.1, -0.05) is 0 Å². The van der Waals surface area contributed by atoms with E-state index in [9.17, 15) is 19.8 Å². The van der Waals surface area contributed by atoms with E-state index in [1.54, 1.807) is 52.8 Å². The molecule has 1 saturated heterocycles. The Kier molecular flexibility index (Phi) is 7.84. The fourth-order valence-corrected chi connectivity index (χ4v) is 4.61. The number of aliphatic hydroxyl groups excluding tert-OH is 1. The molecule has 1 aromatic carbocycles. The Morgan fingerprint density at radius 1 is 1.18 bits per heavy atom. The molecule has 3 heterocycles. The molecule has 1 aliphatic heterocycles. The summed E-state index contributed by atoms with van der Waals surface area (Å²) >= 11 is 0. The third-order valence-electron chi connectivity index (χ3n) is 6.60. The Labute approximate surface area is 219 Å². The van der Waals surface area contributed by atoms with Crippen LogP contribution in [0.5, 0.6) is 11.5 Å². The SMILES string of the molecule is CCOCc1c(O)c2ccc(O[C@@H]3OC(C)(C)[C@H](OC)[C@@H](OC(=O)c4ccc(C)[nH]4)[C@H]3O)c(C)c2oc1=O. The van der Waals surface area contributed by atoms with Crippen molar-refractivity contribution in [3.63, 3.8) is 0 Å². The zero-order chi connectivity index (χ0) is 27.8. The molecule has 2 aromatic heterocycles. The number of carbonyl (C=O) groups excluding carboxylic acids is 1. The highest BCUT2D eigenvalue weighted by molar-refractivity contribution is 5.88. The van der Waals surface area contributed by atoms with Crippen LogP contribution in [0.1, 0.15) is 48.1 Å². The lowest BCUT2D eigenvalue weighted by Gasteiger charge is -2.47. The molecule has 206 valence electrons. The van der Waals surface area contributed by atoms with Crippen LogP contribution in [-0.4, -0.2) is 65.1 Å². The highest BCUT2D eigenvalue weighted by Crippen LogP contribution is 2.38. The fraction of sp³-hybridized carbons (Fsp3) is 0.481. The number of ether oxygens (including phenoxy) is 5. The van der Waals surface area contributed by atoms with Crippen LogP contribution in [0.15, 0.2) is 33.5 Å². The summed E-state index contributed by atoms with van der Waals surface area (Å²) < 4.78 is 34.1. The molecule has 0 radical (unpaired) electrons. The molecule has 3 N–H and O–H groups in total. The first kappa shape index (κ1) is 27.6. The van der Waals surface area contributed by atoms with Crippen molar-refractivity contribution in [1.82, 2.24) is 4.98 Å². The van der Waals surface area contributed by atoms with Crippen LogP contribution >= 0.6 is 0 Å². The van der Waals surface area contributed by atoms with Gasteiger partial charge in [0.05, 0.1) is 17.6 Å². The molecule has 4 atom stereocenters. The van der Waals surface area contributed by atoms with Gasteiger partial charge in [-0.25, -0.2) is 9.59 Å². The third kappa shape index (κ3) is 5.14. The van der Waals surface area contributed by atoms with Crippen molar-refractivity contribution in [2.24, 2.45) is 0 Å². The topological polar surface area (TPSA) is 150 Å². The molecule has 0 bridgehead atoms. The number of hydrogen-bond acceptors (Lipinski definition) is 10. The maximum Gasteiger partial charge on any atom is 0.355 e. The Hall–Kier alpha value is -3.38. The lowest BCUT2D eigenvalue weighted by Crippen LogP contribution is -2.65. The lowest BCUT2D eigenvalue weighted by molar-refractivity contribution is -0.305. The molecule has 0 saturated carbocycles. The lowest BCUT2D eigenvalue weighted by atomic mass is 9.89. The van der Waals surface area contributed by atoms with Crippen molar-refractivity contribution < 1.29 is 43.1 Å². The Bertz CT molecular complexity index is 1370. The van der Waals surface area contributed by atoms with Gasteiger partial charge in [-0.2, -0.15) is 0 Å². The van der Waals surface area contributed by atoms with Crippen LogP contribution in [0.25, 0.3) is 11.0 Å². The summed E-state index contributed by atoms with van der Waals surface area (Å²) in [5.74, 6) is -0.662. The molecule has 0 spiro atoms. The molecule has 1 aliphatic rings. The van der Waals surface area contributed by atoms with Gasteiger partial charge in [-0.3, -0.25) is 0 Å². The fourth-order valence-electron chi connectivity index (χ4n) is 4.61. The van der Waals surface area contributed by atoms with Crippen LogP contribution in [-0.2, 0) is 25.6 Å². The normalized spacial score (nSPS) is 22.9. The number of nitrogens with one attached hydrogen (secondary N) is 1. The standard InChI is InChI=1S/C27H33NO10/c1-7-34-12-16-19(29)15-9-11-18(14(3)21(15)36-24(16)31)35-26-20(30)22(23(33-6)27(4,5)38-26)37-25(32)17-10-8-13(2)28-17/h8-11,20,22-23,26,28-30H,7,12H2,1-6H3/t20-,22+,23-,26-/m1/s1. The summed E-state index contributed by atoms with van der Waals surface area (Å²) in [6.45, 7) is 8.97. The first-order valence-electron chi connectivity index (χ1n) is 12.3. The highest BCUT2D eigenvalue weighted by atomic mass is 16.7. The van der Waals surface area contributed by atoms with Crippen molar-refractivity contribution >= 4 is 16.9 Å². The van der Waals surface area contributed by atoms with Crippen molar-refractivity contribution in [2.75, 3.05) is 13.7 Å². The molecular weight excluding hydrogens is 498 g/mol. The van der Waals surface area contributed by atoms with Crippen molar-refractivity contribution in [3.8, 4) is 11.5 Å². The predicted molar refractivity (Wildman–Crippen MR) is 135 cm³/mol. The van der Waals surface area contributed by atoms with E-state index in [2.05, 4.69) is 4.98 Å². The smallest absolute Gasteiger partial charge is 0.355 e. The summed E-state index contributed by atoms with van der Waals surface area (Å²) in [5.41, 5.74) is -0.204. The minimum Gasteiger partial charge on any atom is -0.507 e. The number of aryl methyl sites for hydroxylation is 2. The number of methoxy groups -OCH3 is 1. The van der Waals surface area contributed by atoms with Gasteiger partial charge in [0.1, 0.15) is 34.4 Å². The van der Waals surface area contributed by atoms with Crippen LogP contribution < -0.4 is 10.4 Å². The zero-order valence-electron chi connectivity index (χ0n) is 22.2. The summed E-state index contributed by atoms with van der Waals surface area (Å²) in [5, 5.41) is 22.2. The number of esters is 1. The van der Waals surface area contributed by atoms with E-state index in [0.29, 0.717) is 17.6 Å². The number of aromatic amines is 1. The summed E-state index contributed by atoms with van der Waals surface area (Å²) in [7, 11) is 1.44. The van der Waals surface area contributed by atoms with Crippen LogP contribution in [0.3, 0.4) is 0 Å². The van der Waals surface area contributed by atoms with Crippen LogP contribution in [0.4, 0.5) is 0 Å². The summed E-state index contributed by atoms with van der Waals surface area (Å²) in [4.78, 5) is 28.2. The Morgan fingerprint density at radius 3 is 2.55 bits per heavy atom. The molecule has 11 nitrogen and oxygen atoms in total. The molecular formula is C27H33NO10. The molecule has 0 unspecified atom stereocenters. The molecule has 38 heavy (non-hydrogen) atoms. The number of aromatic nitrogens is 1. The van der Waals surface area contributed by atoms with Gasteiger partial charge < -0.3 is 43.3 Å². The number of hydrogen-bond donors (Lipinski definition) is 3. The summed E-state index contributed by atoms with van der Waals surface area (Å²) in [6, 6.07) is 6.43. The Morgan fingerprint density at radius 2 is 1.92 bits per heavy atom. The third-order valence-corrected chi connectivity index (χ3v) is 6.60. The largest absolute Gasteiger partial charge is 0.507 e. The van der Waals surface area contributed by atoms with Gasteiger partial charge in [-0.15, -0.1) is 0 Å². The zero-order valence-corrected chi connectivity index (χ0v) is 22.2. The van der Waals surface area contributed by atoms with E-state index in [0.717, 1.165) is 5.69 Å². The highest BCUT2D eigenvalue weighted by Gasteiger charge is 2.53. The van der Waals surface area contributed by atoms with E-state index in [1.807, 2.05) is 0 Å². The van der Waals surface area contributed by atoms with Crippen molar-refractivity contribution in [2.45, 2.75) is 71.4 Å². The molecule has 4 rings (SSSR count). The molecule has 1 fully saturated rings. The van der Waals surface area contributed by atoms with Gasteiger partial charge in [0.15, 0.2) is 12.2 Å². The molecule has 0 aliphatic carbocycles. The number of benzene rings is 1. The number of H-pyrrole nitrogens is 1. The molecule has 3 aromatic rings. The first-order chi connectivity index (χ1) is 18.0. The molecule has 11 heteroatoms. The van der Waals surface area contributed by atoms with E-state index < -0.39 is 41.8 Å². The first-order valence-corrected chi connectivity index (χ1v) is 12.3. The quantitative estimate of drug-likeness (QED) is 0.292. The van der Waals surface area contributed by atoms with Crippen LogP contribution in [0, 0.1) is 13.8 Å². The van der Waals surface area contributed by atoms with E-state index in [4.69, 9.17) is 28.1 Å². The van der Waals surface area contributed by atoms with Crippen molar-refractivity contribution in [1.29, 1.82) is 0 Å². The van der Waals surface area contributed by atoms with Gasteiger partial charge in [0.25, 0.3) is 0 Å². The van der Waals surface area contributed by atoms with Gasteiger partial charge in [0.2, 0.25) is 6.29 Å². The minimum atomic E-state index is -1.43. The van der Waals surface area contributed by atoms with Crippen LogP contribution in [0.2, 0.25) is 0 Å². The number of carbonyl (C=O) groups is 1. The summed E-state index contributed by atoms with van der Waals surface area (Å²) in [6.07, 6.45) is -4.65. The van der Waals surface area contributed by atoms with E-state index >= 15 is 0 Å². The van der Waals surface area contributed by atoms with E-state index in [-0.39, 0.29) is 34.9 Å². The minimum absolute atomic E-state index is 0.0210. The Balaban J connectivity index is 1.64. The molecule has 0 amide bonds. The van der Waals surface area contributed by atoms with Crippen molar-refractivity contribution in [3.05, 3.63) is 57.2 Å². The monoisotopic (exact) mass is 531 g/mol. The predicted octanol–water partition coefficient (Wildman–Crippen LogP) is 3.10. The average molecular weight is 532 g/mol. The van der Waals surface area contributed by atoms with Gasteiger partial charge >= 0.3 is 11.6 Å². The number of aromatic hydroxyl groups is 1. The van der Waals surface area contributed by atoms with Gasteiger partial charge in [0, 0.05) is 25.0 Å².